The molecule has 6 nitrogen and oxygen atoms in total. The topological polar surface area (TPSA) is 60.4 Å². The lowest BCUT2D eigenvalue weighted by Gasteiger charge is -2.16. The predicted octanol–water partition coefficient (Wildman–Crippen LogP) is 1.48. The van der Waals surface area contributed by atoms with Gasteiger partial charge in [0.1, 0.15) is 13.2 Å². The summed E-state index contributed by atoms with van der Waals surface area (Å²) in [6.45, 7) is 6.75. The minimum absolute atomic E-state index is 0.444. The molecule has 0 saturated heterocycles. The molecule has 1 aromatic rings. The molecule has 1 aliphatic rings. The fourth-order valence-electron chi connectivity index (χ4n) is 2.19. The maximum absolute atomic E-state index is 9.71. The number of rotatable bonds is 1. The van der Waals surface area contributed by atoms with Crippen LogP contribution in [0, 0.1) is 0 Å². The Bertz CT molecular complexity index is 466. The van der Waals surface area contributed by atoms with E-state index in [4.69, 9.17) is 18.9 Å². The first kappa shape index (κ1) is 18.0. The quantitative estimate of drug-likeness (QED) is 0.844. The van der Waals surface area contributed by atoms with E-state index >= 15 is 0 Å². The summed E-state index contributed by atoms with van der Waals surface area (Å²) in [4.78, 5) is 2.17. The largest absolute Gasteiger partial charge is 0.487 e. The van der Waals surface area contributed by atoms with Gasteiger partial charge in [-0.15, -0.1) is 0 Å². The summed E-state index contributed by atoms with van der Waals surface area (Å²) in [6.07, 6.45) is -0.546. The Morgan fingerprint density at radius 2 is 1.52 bits per heavy atom. The van der Waals surface area contributed by atoms with E-state index in [0.29, 0.717) is 51.1 Å². The van der Waals surface area contributed by atoms with Crippen LogP contribution >= 0.6 is 0 Å². The van der Waals surface area contributed by atoms with Gasteiger partial charge >= 0.3 is 0 Å². The highest BCUT2D eigenvalue weighted by atomic mass is 16.6. The SMILES string of the molecule is C[C@H](O)c1ccc2c(c1)OCCOCCN(C)CCOCCO2. The first-order chi connectivity index (χ1) is 11.2. The van der Waals surface area contributed by atoms with Gasteiger partial charge in [-0.1, -0.05) is 6.07 Å². The lowest BCUT2D eigenvalue weighted by atomic mass is 10.1. The van der Waals surface area contributed by atoms with Gasteiger partial charge in [0.25, 0.3) is 0 Å². The maximum Gasteiger partial charge on any atom is 0.161 e. The lowest BCUT2D eigenvalue weighted by Crippen LogP contribution is -2.27. The summed E-state index contributed by atoms with van der Waals surface area (Å²) in [5.41, 5.74) is 0.795. The van der Waals surface area contributed by atoms with Gasteiger partial charge in [-0.25, -0.2) is 0 Å². The van der Waals surface area contributed by atoms with Crippen molar-refractivity contribution in [3.05, 3.63) is 23.8 Å². The van der Waals surface area contributed by atoms with Gasteiger partial charge in [-0.3, -0.25) is 0 Å². The van der Waals surface area contributed by atoms with Gasteiger partial charge in [0.05, 0.1) is 32.5 Å². The van der Waals surface area contributed by atoms with Gasteiger partial charge in [-0.2, -0.15) is 0 Å². The van der Waals surface area contributed by atoms with E-state index in [2.05, 4.69) is 4.90 Å². The number of aliphatic hydroxyl groups is 1. The second kappa shape index (κ2) is 9.72. The van der Waals surface area contributed by atoms with E-state index in [1.807, 2.05) is 25.2 Å². The molecule has 0 radical (unpaired) electrons. The number of ether oxygens (including phenoxy) is 4. The first-order valence-corrected chi connectivity index (χ1v) is 8.08. The molecule has 130 valence electrons. The van der Waals surface area contributed by atoms with E-state index in [0.717, 1.165) is 18.7 Å². The molecule has 0 spiro atoms. The molecule has 1 N–H and O–H groups in total. The number of nitrogens with zero attached hydrogens (tertiary/aromatic N) is 1. The van der Waals surface area contributed by atoms with Crippen molar-refractivity contribution >= 4 is 0 Å². The molecule has 0 aromatic heterocycles. The van der Waals surface area contributed by atoms with Crippen LogP contribution in [0.5, 0.6) is 11.5 Å². The lowest BCUT2D eigenvalue weighted by molar-refractivity contribution is 0.0677. The Kier molecular flexibility index (Phi) is 7.61. The standard InChI is InChI=1S/C17H27NO5/c1-14(19)15-3-4-16-17(13-15)23-12-10-21-8-6-18(2)5-7-20-9-11-22-16/h3-4,13-14,19H,5-12H2,1-2H3/t14-/m0/s1. The molecule has 2 rings (SSSR count). The van der Waals surface area contributed by atoms with Gasteiger partial charge in [-0.05, 0) is 31.7 Å². The van der Waals surface area contributed by atoms with Gasteiger partial charge < -0.3 is 29.0 Å². The van der Waals surface area contributed by atoms with Crippen LogP contribution in [0.2, 0.25) is 0 Å². The van der Waals surface area contributed by atoms with Gasteiger partial charge in [0.15, 0.2) is 11.5 Å². The second-order valence-electron chi connectivity index (χ2n) is 5.61. The van der Waals surface area contributed by atoms with Crippen molar-refractivity contribution in [1.82, 2.24) is 4.90 Å². The summed E-state index contributed by atoms with van der Waals surface area (Å²) in [5.74, 6) is 1.28. The summed E-state index contributed by atoms with van der Waals surface area (Å²) in [7, 11) is 2.05. The number of aliphatic hydroxyl groups excluding tert-OH is 1. The highest BCUT2D eigenvalue weighted by molar-refractivity contribution is 5.43. The molecule has 0 saturated carbocycles. The third-order valence-corrected chi connectivity index (χ3v) is 3.66. The molecular formula is C17H27NO5. The molecule has 1 aliphatic heterocycles. The van der Waals surface area contributed by atoms with E-state index < -0.39 is 6.10 Å². The van der Waals surface area contributed by atoms with Crippen molar-refractivity contribution in [1.29, 1.82) is 0 Å². The molecule has 1 atom stereocenters. The molecule has 0 unspecified atom stereocenters. The van der Waals surface area contributed by atoms with E-state index in [9.17, 15) is 5.11 Å². The number of hydrogen-bond acceptors (Lipinski definition) is 6. The van der Waals surface area contributed by atoms with Crippen molar-refractivity contribution in [2.24, 2.45) is 0 Å². The van der Waals surface area contributed by atoms with E-state index in [1.165, 1.54) is 0 Å². The molecule has 0 fully saturated rings. The molecule has 0 bridgehead atoms. The molecule has 6 heteroatoms. The summed E-state index contributed by atoms with van der Waals surface area (Å²) in [5, 5.41) is 9.71. The molecule has 1 heterocycles. The van der Waals surface area contributed by atoms with Gasteiger partial charge in [0, 0.05) is 13.1 Å². The zero-order valence-corrected chi connectivity index (χ0v) is 14.0. The summed E-state index contributed by atoms with van der Waals surface area (Å²) >= 11 is 0. The normalized spacial score (nSPS) is 20.3. The van der Waals surface area contributed by atoms with Crippen LogP contribution in [0.3, 0.4) is 0 Å². The Hall–Kier alpha value is -1.34. The number of likely N-dealkylation sites (N-methyl/N-ethyl adjacent to an activating group) is 1. The average molecular weight is 325 g/mol. The summed E-state index contributed by atoms with van der Waals surface area (Å²) < 4.78 is 22.6. The van der Waals surface area contributed by atoms with Crippen molar-refractivity contribution in [3.8, 4) is 11.5 Å². The first-order valence-electron chi connectivity index (χ1n) is 8.08. The Labute approximate surface area is 137 Å². The fraction of sp³-hybridized carbons (Fsp3) is 0.647. The third kappa shape index (κ3) is 6.35. The van der Waals surface area contributed by atoms with Crippen LogP contribution in [0.4, 0.5) is 0 Å². The number of hydrogen-bond donors (Lipinski definition) is 1. The third-order valence-electron chi connectivity index (χ3n) is 3.66. The maximum atomic E-state index is 9.71. The van der Waals surface area contributed by atoms with Gasteiger partial charge in [0.2, 0.25) is 0 Å². The van der Waals surface area contributed by atoms with Crippen molar-refractivity contribution in [2.45, 2.75) is 13.0 Å². The minimum atomic E-state index is -0.546. The highest BCUT2D eigenvalue weighted by Crippen LogP contribution is 2.30. The molecular weight excluding hydrogens is 298 g/mol. The molecule has 1 aromatic carbocycles. The smallest absolute Gasteiger partial charge is 0.161 e. The van der Waals surface area contributed by atoms with Crippen LogP contribution in [0.1, 0.15) is 18.6 Å². The zero-order chi connectivity index (χ0) is 16.5. The minimum Gasteiger partial charge on any atom is -0.487 e. The Balaban J connectivity index is 2.00. The van der Waals surface area contributed by atoms with Crippen molar-refractivity contribution < 1.29 is 24.1 Å². The van der Waals surface area contributed by atoms with Crippen LogP contribution in [-0.2, 0) is 9.47 Å². The van der Waals surface area contributed by atoms with E-state index in [1.54, 1.807) is 6.92 Å². The number of benzene rings is 1. The van der Waals surface area contributed by atoms with Crippen molar-refractivity contribution in [3.63, 3.8) is 0 Å². The fourth-order valence-corrected chi connectivity index (χ4v) is 2.19. The Morgan fingerprint density at radius 3 is 2.13 bits per heavy atom. The average Bonchev–Trinajstić information content (AvgIpc) is 2.54. The molecule has 0 amide bonds. The predicted molar refractivity (Wildman–Crippen MR) is 87.2 cm³/mol. The van der Waals surface area contributed by atoms with Crippen LogP contribution in [-0.4, -0.2) is 69.8 Å². The van der Waals surface area contributed by atoms with Crippen LogP contribution in [0.25, 0.3) is 0 Å². The Morgan fingerprint density at radius 1 is 0.913 bits per heavy atom. The zero-order valence-electron chi connectivity index (χ0n) is 14.0. The monoisotopic (exact) mass is 325 g/mol. The van der Waals surface area contributed by atoms with E-state index in [-0.39, 0.29) is 0 Å². The molecule has 23 heavy (non-hydrogen) atoms. The van der Waals surface area contributed by atoms with Crippen molar-refractivity contribution in [2.75, 3.05) is 59.8 Å². The number of fused-ring (bicyclic) bond motifs is 1. The summed E-state index contributed by atoms with van der Waals surface area (Å²) in [6, 6.07) is 5.48. The highest BCUT2D eigenvalue weighted by Gasteiger charge is 2.10. The molecule has 0 aliphatic carbocycles. The van der Waals surface area contributed by atoms with Crippen LogP contribution < -0.4 is 9.47 Å². The second-order valence-corrected chi connectivity index (χ2v) is 5.61. The van der Waals surface area contributed by atoms with Crippen LogP contribution in [0.15, 0.2) is 18.2 Å².